The van der Waals surface area contributed by atoms with Crippen LogP contribution in [0.3, 0.4) is 0 Å². The highest BCUT2D eigenvalue weighted by Gasteiger charge is 2.47. The predicted molar refractivity (Wildman–Crippen MR) is 75.7 cm³/mol. The normalized spacial score (nSPS) is 35.6. The average molecular weight is 265 g/mol. The average Bonchev–Trinajstić information content (AvgIpc) is 3.22. The number of amides is 1. The van der Waals surface area contributed by atoms with E-state index in [9.17, 15) is 4.79 Å². The van der Waals surface area contributed by atoms with Crippen LogP contribution < -0.4 is 5.73 Å². The van der Waals surface area contributed by atoms with E-state index in [1.165, 1.54) is 19.4 Å². The molecule has 0 aromatic rings. The van der Waals surface area contributed by atoms with Gasteiger partial charge in [0.15, 0.2) is 0 Å². The van der Waals surface area contributed by atoms with Gasteiger partial charge in [0.25, 0.3) is 0 Å². The Kier molecular flexibility index (Phi) is 3.34. The Morgan fingerprint density at radius 3 is 2.63 bits per heavy atom. The number of likely N-dealkylation sites (tertiary alicyclic amines) is 2. The maximum Gasteiger partial charge on any atom is 0.242 e. The van der Waals surface area contributed by atoms with Crippen LogP contribution in [0.4, 0.5) is 0 Å². The summed E-state index contributed by atoms with van der Waals surface area (Å²) in [6.07, 6.45) is 5.90. The lowest BCUT2D eigenvalue weighted by Gasteiger charge is -2.47. The molecule has 3 aliphatic rings. The van der Waals surface area contributed by atoms with E-state index in [0.717, 1.165) is 32.4 Å². The van der Waals surface area contributed by atoms with Gasteiger partial charge in [0.05, 0.1) is 5.54 Å². The second-order valence-corrected chi connectivity index (χ2v) is 7.05. The highest BCUT2D eigenvalue weighted by Crippen LogP contribution is 2.40. The van der Waals surface area contributed by atoms with Crippen LogP contribution in [-0.2, 0) is 4.79 Å². The number of carbonyl (C=O) groups is 1. The van der Waals surface area contributed by atoms with Gasteiger partial charge in [-0.15, -0.1) is 0 Å². The number of carbonyl (C=O) groups excluding carboxylic acids is 1. The second-order valence-electron chi connectivity index (χ2n) is 7.05. The Labute approximate surface area is 116 Å². The minimum atomic E-state index is -0.618. The molecule has 1 saturated carbocycles. The van der Waals surface area contributed by atoms with Crippen molar-refractivity contribution in [3.8, 4) is 0 Å². The fourth-order valence-corrected chi connectivity index (χ4v) is 4.04. The van der Waals surface area contributed by atoms with E-state index in [1.54, 1.807) is 0 Å². The Hall–Kier alpha value is -0.610. The molecular weight excluding hydrogens is 238 g/mol. The van der Waals surface area contributed by atoms with Gasteiger partial charge in [-0.05, 0) is 64.5 Å². The molecule has 1 amide bonds. The van der Waals surface area contributed by atoms with Gasteiger partial charge in [-0.3, -0.25) is 4.79 Å². The molecule has 2 heterocycles. The number of nitrogens with two attached hydrogens (primary N) is 1. The quantitative estimate of drug-likeness (QED) is 0.812. The second kappa shape index (κ2) is 4.74. The molecule has 0 aromatic carbocycles. The summed E-state index contributed by atoms with van der Waals surface area (Å²) in [6, 6.07) is 0.683. The smallest absolute Gasteiger partial charge is 0.242 e. The third-order valence-electron chi connectivity index (χ3n) is 5.52. The standard InChI is InChI=1S/C15H27N3O/c1-15(16,12-5-6-12)14(19)18-9-7-13-11(10-18)4-3-8-17(13)2/h11-13H,3-10,16H2,1-2H3. The monoisotopic (exact) mass is 265 g/mol. The minimum Gasteiger partial charge on any atom is -0.341 e. The van der Waals surface area contributed by atoms with E-state index in [2.05, 4.69) is 16.8 Å². The fourth-order valence-electron chi connectivity index (χ4n) is 4.04. The van der Waals surface area contributed by atoms with Crippen molar-refractivity contribution in [1.29, 1.82) is 0 Å². The van der Waals surface area contributed by atoms with Crippen LogP contribution in [0.15, 0.2) is 0 Å². The van der Waals surface area contributed by atoms with Crippen LogP contribution in [0.2, 0.25) is 0 Å². The molecule has 3 atom stereocenters. The van der Waals surface area contributed by atoms with Crippen molar-refractivity contribution in [2.24, 2.45) is 17.6 Å². The van der Waals surface area contributed by atoms with Gasteiger partial charge >= 0.3 is 0 Å². The van der Waals surface area contributed by atoms with E-state index in [1.807, 2.05) is 6.92 Å². The molecule has 3 unspecified atom stereocenters. The zero-order valence-electron chi connectivity index (χ0n) is 12.3. The molecular formula is C15H27N3O. The van der Waals surface area contributed by atoms with Gasteiger partial charge in [0, 0.05) is 19.1 Å². The third-order valence-corrected chi connectivity index (χ3v) is 5.52. The van der Waals surface area contributed by atoms with E-state index in [4.69, 9.17) is 5.73 Å². The van der Waals surface area contributed by atoms with Crippen molar-refractivity contribution >= 4 is 5.91 Å². The lowest BCUT2D eigenvalue weighted by Crippen LogP contribution is -2.60. The van der Waals surface area contributed by atoms with Crippen molar-refractivity contribution in [2.75, 3.05) is 26.7 Å². The van der Waals surface area contributed by atoms with Crippen molar-refractivity contribution < 1.29 is 4.79 Å². The van der Waals surface area contributed by atoms with Gasteiger partial charge in [0.1, 0.15) is 0 Å². The zero-order valence-corrected chi connectivity index (χ0v) is 12.3. The molecule has 4 heteroatoms. The molecule has 3 fully saturated rings. The summed E-state index contributed by atoms with van der Waals surface area (Å²) in [5.41, 5.74) is 5.67. The summed E-state index contributed by atoms with van der Waals surface area (Å²) in [6.45, 7) is 4.97. The first kappa shape index (κ1) is 13.4. The van der Waals surface area contributed by atoms with Crippen LogP contribution in [0.5, 0.6) is 0 Å². The molecule has 2 aliphatic heterocycles. The zero-order chi connectivity index (χ0) is 13.6. The van der Waals surface area contributed by atoms with E-state index < -0.39 is 5.54 Å². The van der Waals surface area contributed by atoms with E-state index in [-0.39, 0.29) is 5.91 Å². The molecule has 0 bridgehead atoms. The molecule has 3 rings (SSSR count). The van der Waals surface area contributed by atoms with Gasteiger partial charge in [-0.25, -0.2) is 0 Å². The first-order valence-electron chi connectivity index (χ1n) is 7.78. The van der Waals surface area contributed by atoms with Gasteiger partial charge in [0.2, 0.25) is 5.91 Å². The summed E-state index contributed by atoms with van der Waals surface area (Å²) >= 11 is 0. The predicted octanol–water partition coefficient (Wildman–Crippen LogP) is 1.06. The number of nitrogens with zero attached hydrogens (tertiary/aromatic N) is 2. The van der Waals surface area contributed by atoms with Crippen LogP contribution in [-0.4, -0.2) is 54.0 Å². The topological polar surface area (TPSA) is 49.6 Å². The number of rotatable bonds is 2. The van der Waals surface area contributed by atoms with Crippen LogP contribution in [0.1, 0.15) is 39.0 Å². The van der Waals surface area contributed by atoms with Crippen molar-refractivity contribution in [2.45, 2.75) is 50.6 Å². The maximum atomic E-state index is 12.6. The molecule has 0 radical (unpaired) electrons. The van der Waals surface area contributed by atoms with Crippen molar-refractivity contribution in [3.05, 3.63) is 0 Å². The van der Waals surface area contributed by atoms with Crippen molar-refractivity contribution in [1.82, 2.24) is 9.80 Å². The molecule has 1 aliphatic carbocycles. The maximum absolute atomic E-state index is 12.6. The lowest BCUT2D eigenvalue weighted by atomic mass is 9.83. The Morgan fingerprint density at radius 1 is 1.21 bits per heavy atom. The molecule has 2 N–H and O–H groups in total. The first-order chi connectivity index (χ1) is 9.00. The molecule has 19 heavy (non-hydrogen) atoms. The molecule has 2 saturated heterocycles. The Balaban J connectivity index is 1.66. The highest BCUT2D eigenvalue weighted by atomic mass is 16.2. The summed E-state index contributed by atoms with van der Waals surface area (Å²) in [7, 11) is 2.23. The van der Waals surface area contributed by atoms with Crippen LogP contribution >= 0.6 is 0 Å². The van der Waals surface area contributed by atoms with Crippen LogP contribution in [0.25, 0.3) is 0 Å². The van der Waals surface area contributed by atoms with Gasteiger partial charge in [-0.2, -0.15) is 0 Å². The van der Waals surface area contributed by atoms with Gasteiger partial charge in [-0.1, -0.05) is 0 Å². The van der Waals surface area contributed by atoms with E-state index in [0.29, 0.717) is 17.9 Å². The summed E-state index contributed by atoms with van der Waals surface area (Å²) in [5.74, 6) is 1.28. The molecule has 0 aromatic heterocycles. The molecule has 108 valence electrons. The van der Waals surface area contributed by atoms with E-state index >= 15 is 0 Å². The fraction of sp³-hybridized carbons (Fsp3) is 0.933. The summed E-state index contributed by atoms with van der Waals surface area (Å²) in [5, 5.41) is 0. The minimum absolute atomic E-state index is 0.196. The third kappa shape index (κ3) is 2.40. The van der Waals surface area contributed by atoms with Crippen molar-refractivity contribution in [3.63, 3.8) is 0 Å². The first-order valence-corrected chi connectivity index (χ1v) is 7.78. The van der Waals surface area contributed by atoms with Crippen LogP contribution in [0, 0.1) is 11.8 Å². The SMILES string of the molecule is CN1CCCC2CN(C(=O)C(C)(N)C3CC3)CCC21. The summed E-state index contributed by atoms with van der Waals surface area (Å²) in [4.78, 5) is 17.2. The number of hydrogen-bond acceptors (Lipinski definition) is 3. The number of fused-ring (bicyclic) bond motifs is 1. The Bertz CT molecular complexity index is 364. The molecule has 0 spiro atoms. The highest BCUT2D eigenvalue weighted by molar-refractivity contribution is 5.86. The molecule has 4 nitrogen and oxygen atoms in total. The number of hydrogen-bond donors (Lipinski definition) is 1. The largest absolute Gasteiger partial charge is 0.341 e. The van der Waals surface area contributed by atoms with Gasteiger partial charge < -0.3 is 15.5 Å². The Morgan fingerprint density at radius 2 is 1.95 bits per heavy atom. The summed E-state index contributed by atoms with van der Waals surface area (Å²) < 4.78 is 0. The lowest BCUT2D eigenvalue weighted by molar-refractivity contribution is -0.140. The number of piperidine rings is 2.